The van der Waals surface area contributed by atoms with Gasteiger partial charge in [-0.25, -0.2) is 4.79 Å². The van der Waals surface area contributed by atoms with Gasteiger partial charge in [-0.15, -0.1) is 0 Å². The minimum atomic E-state index is -0.874. The van der Waals surface area contributed by atoms with Crippen molar-refractivity contribution in [3.05, 3.63) is 29.3 Å². The first-order valence-corrected chi connectivity index (χ1v) is 5.45. The quantitative estimate of drug-likeness (QED) is 0.853. The molecule has 0 spiro atoms. The summed E-state index contributed by atoms with van der Waals surface area (Å²) in [6.45, 7) is 0.532. The maximum absolute atomic E-state index is 11.0. The van der Waals surface area contributed by atoms with Crippen LogP contribution < -0.4 is 9.47 Å². The van der Waals surface area contributed by atoms with Crippen LogP contribution in [0.25, 0.3) is 6.08 Å². The molecule has 4 nitrogen and oxygen atoms in total. The van der Waals surface area contributed by atoms with Crippen LogP contribution in [-0.4, -0.2) is 24.8 Å². The Kier molecular flexibility index (Phi) is 3.32. The van der Waals surface area contributed by atoms with Gasteiger partial charge >= 0.3 is 5.97 Å². The lowest BCUT2D eigenvalue weighted by Crippen LogP contribution is -2.07. The van der Waals surface area contributed by atoms with E-state index in [1.54, 1.807) is 31.4 Å². The minimum Gasteiger partial charge on any atom is -0.497 e. The topological polar surface area (TPSA) is 55.8 Å². The Hall–Kier alpha value is -1.97. The van der Waals surface area contributed by atoms with Crippen molar-refractivity contribution < 1.29 is 19.4 Å². The third-order valence-electron chi connectivity index (χ3n) is 2.67. The van der Waals surface area contributed by atoms with Crippen LogP contribution in [-0.2, 0) is 4.79 Å². The van der Waals surface area contributed by atoms with Gasteiger partial charge in [0.2, 0.25) is 0 Å². The molecule has 0 aliphatic carbocycles. The zero-order valence-electron chi connectivity index (χ0n) is 9.60. The molecule has 1 aromatic rings. The van der Waals surface area contributed by atoms with E-state index >= 15 is 0 Å². The highest BCUT2D eigenvalue weighted by atomic mass is 16.5. The van der Waals surface area contributed by atoms with Gasteiger partial charge in [-0.3, -0.25) is 0 Å². The summed E-state index contributed by atoms with van der Waals surface area (Å²) in [6, 6.07) is 5.38. The molecule has 4 heteroatoms. The highest BCUT2D eigenvalue weighted by Crippen LogP contribution is 2.29. The molecule has 1 N–H and O–H groups in total. The van der Waals surface area contributed by atoms with Crippen molar-refractivity contribution in [3.63, 3.8) is 0 Å². The number of carboxylic acid groups (broad SMARTS) is 1. The molecule has 0 aromatic heterocycles. The van der Waals surface area contributed by atoms with Gasteiger partial charge in [0.1, 0.15) is 11.5 Å². The fraction of sp³-hybridized carbons (Fsp3) is 0.308. The molecular formula is C13H14O4. The van der Waals surface area contributed by atoms with Crippen LogP contribution in [0.3, 0.4) is 0 Å². The summed E-state index contributed by atoms with van der Waals surface area (Å²) in [4.78, 5) is 11.0. The van der Waals surface area contributed by atoms with E-state index in [9.17, 15) is 4.79 Å². The SMILES string of the molecule is COc1ccc2c(c1)/C=C(/C(=O)O)CCCO2. The van der Waals surface area contributed by atoms with Crippen LogP contribution in [0.5, 0.6) is 11.5 Å². The molecule has 1 aliphatic rings. The van der Waals surface area contributed by atoms with Crippen molar-refractivity contribution in [1.82, 2.24) is 0 Å². The van der Waals surface area contributed by atoms with Gasteiger partial charge in [0.15, 0.2) is 0 Å². The van der Waals surface area contributed by atoms with Crippen LogP contribution in [0.2, 0.25) is 0 Å². The molecular weight excluding hydrogens is 220 g/mol. The van der Waals surface area contributed by atoms with Crippen molar-refractivity contribution in [2.24, 2.45) is 0 Å². The second-order valence-corrected chi connectivity index (χ2v) is 3.83. The number of carbonyl (C=O) groups is 1. The molecule has 1 aromatic carbocycles. The second-order valence-electron chi connectivity index (χ2n) is 3.83. The van der Waals surface area contributed by atoms with E-state index < -0.39 is 5.97 Å². The lowest BCUT2D eigenvalue weighted by atomic mass is 10.0. The molecule has 0 fully saturated rings. The Labute approximate surface area is 99.5 Å². The smallest absolute Gasteiger partial charge is 0.331 e. The predicted molar refractivity (Wildman–Crippen MR) is 63.3 cm³/mol. The zero-order chi connectivity index (χ0) is 12.3. The molecule has 90 valence electrons. The Balaban J connectivity index is 2.46. The molecule has 2 rings (SSSR count). The van der Waals surface area contributed by atoms with Crippen LogP contribution in [0, 0.1) is 0 Å². The first-order chi connectivity index (χ1) is 8.20. The highest BCUT2D eigenvalue weighted by molar-refractivity contribution is 5.92. The molecule has 1 aliphatic heterocycles. The van der Waals surface area contributed by atoms with E-state index in [1.165, 1.54) is 0 Å². The summed E-state index contributed by atoms with van der Waals surface area (Å²) in [7, 11) is 1.58. The van der Waals surface area contributed by atoms with Crippen LogP contribution in [0.1, 0.15) is 18.4 Å². The van der Waals surface area contributed by atoms with E-state index in [4.69, 9.17) is 14.6 Å². The molecule has 17 heavy (non-hydrogen) atoms. The van der Waals surface area contributed by atoms with Gasteiger partial charge in [0.05, 0.1) is 13.7 Å². The number of methoxy groups -OCH3 is 1. The average molecular weight is 234 g/mol. The van der Waals surface area contributed by atoms with E-state index in [0.29, 0.717) is 36.5 Å². The molecule has 0 bridgehead atoms. The van der Waals surface area contributed by atoms with E-state index in [-0.39, 0.29) is 0 Å². The highest BCUT2D eigenvalue weighted by Gasteiger charge is 2.13. The normalized spacial score (nSPS) is 17.8. The Morgan fingerprint density at radius 2 is 2.29 bits per heavy atom. The summed E-state index contributed by atoms with van der Waals surface area (Å²) < 4.78 is 10.7. The fourth-order valence-electron chi connectivity index (χ4n) is 1.77. The number of ether oxygens (including phenoxy) is 2. The maximum atomic E-state index is 11.0. The van der Waals surface area contributed by atoms with Crippen LogP contribution in [0.15, 0.2) is 23.8 Å². The lowest BCUT2D eigenvalue weighted by Gasteiger charge is -2.14. The summed E-state index contributed by atoms with van der Waals surface area (Å²) in [5, 5.41) is 9.07. The summed E-state index contributed by atoms with van der Waals surface area (Å²) in [6.07, 6.45) is 2.88. The summed E-state index contributed by atoms with van der Waals surface area (Å²) >= 11 is 0. The Morgan fingerprint density at radius 1 is 1.47 bits per heavy atom. The third-order valence-corrected chi connectivity index (χ3v) is 2.67. The minimum absolute atomic E-state index is 0.405. The second kappa shape index (κ2) is 4.91. The number of carboxylic acids is 1. The largest absolute Gasteiger partial charge is 0.497 e. The van der Waals surface area contributed by atoms with Crippen molar-refractivity contribution in [1.29, 1.82) is 0 Å². The van der Waals surface area contributed by atoms with Crippen molar-refractivity contribution >= 4 is 12.0 Å². The van der Waals surface area contributed by atoms with Crippen molar-refractivity contribution in [3.8, 4) is 11.5 Å². The maximum Gasteiger partial charge on any atom is 0.331 e. The first kappa shape index (κ1) is 11.5. The van der Waals surface area contributed by atoms with Crippen molar-refractivity contribution in [2.45, 2.75) is 12.8 Å². The van der Waals surface area contributed by atoms with Crippen LogP contribution >= 0.6 is 0 Å². The Morgan fingerprint density at radius 3 is 3.00 bits per heavy atom. The lowest BCUT2D eigenvalue weighted by molar-refractivity contribution is -0.132. The zero-order valence-corrected chi connectivity index (χ0v) is 9.60. The van der Waals surface area contributed by atoms with Crippen LogP contribution in [0.4, 0.5) is 0 Å². The molecule has 0 saturated heterocycles. The van der Waals surface area contributed by atoms with Gasteiger partial charge in [-0.1, -0.05) is 0 Å². The molecule has 0 radical (unpaired) electrons. The number of fused-ring (bicyclic) bond motifs is 1. The third kappa shape index (κ3) is 2.58. The number of hydrogen-bond donors (Lipinski definition) is 1. The van der Waals surface area contributed by atoms with Gasteiger partial charge in [-0.2, -0.15) is 0 Å². The molecule has 0 saturated carbocycles. The van der Waals surface area contributed by atoms with E-state index in [1.807, 2.05) is 0 Å². The van der Waals surface area contributed by atoms with Gasteiger partial charge in [0, 0.05) is 11.1 Å². The number of aliphatic carboxylic acids is 1. The van der Waals surface area contributed by atoms with E-state index in [2.05, 4.69) is 0 Å². The number of hydrogen-bond acceptors (Lipinski definition) is 3. The number of benzene rings is 1. The molecule has 0 unspecified atom stereocenters. The molecule has 0 amide bonds. The number of rotatable bonds is 2. The first-order valence-electron chi connectivity index (χ1n) is 5.45. The fourth-order valence-corrected chi connectivity index (χ4v) is 1.77. The average Bonchev–Trinajstić information content (AvgIpc) is 2.29. The standard InChI is InChI=1S/C13H14O4/c1-16-11-4-5-12-10(8-11)7-9(13(14)15)3-2-6-17-12/h4-5,7-8H,2-3,6H2,1H3,(H,14,15)/b9-7+. The van der Waals surface area contributed by atoms with E-state index in [0.717, 1.165) is 5.56 Å². The summed E-state index contributed by atoms with van der Waals surface area (Å²) in [5.74, 6) is 0.513. The predicted octanol–water partition coefficient (Wildman–Crippen LogP) is 2.34. The van der Waals surface area contributed by atoms with Gasteiger partial charge < -0.3 is 14.6 Å². The molecule has 1 heterocycles. The Bertz CT molecular complexity index is 462. The van der Waals surface area contributed by atoms with Crippen molar-refractivity contribution in [2.75, 3.05) is 13.7 Å². The monoisotopic (exact) mass is 234 g/mol. The molecule has 0 atom stereocenters. The summed E-state index contributed by atoms with van der Waals surface area (Å²) in [5.41, 5.74) is 1.16. The van der Waals surface area contributed by atoms with Gasteiger partial charge in [0.25, 0.3) is 0 Å². The van der Waals surface area contributed by atoms with Gasteiger partial charge in [-0.05, 0) is 37.1 Å².